The number of carbonyl (C=O) groups excluding carboxylic acids is 2. The van der Waals surface area contributed by atoms with Crippen LogP contribution in [0, 0.1) is 13.8 Å². The van der Waals surface area contributed by atoms with Crippen molar-refractivity contribution in [3.63, 3.8) is 0 Å². The van der Waals surface area contributed by atoms with E-state index in [2.05, 4.69) is 5.32 Å². The van der Waals surface area contributed by atoms with Crippen molar-refractivity contribution in [3.05, 3.63) is 42.2 Å². The Morgan fingerprint density at radius 3 is 2.30 bits per heavy atom. The van der Waals surface area contributed by atoms with Crippen LogP contribution in [-0.2, 0) is 22.4 Å². The SMILES string of the molecule is CCOC(=O)c1c(NC(=O)COc2c(Cl)c(C)c(Cl)c(C)c2Cl)sc2c1CCCC2. The summed E-state index contributed by atoms with van der Waals surface area (Å²) in [6.45, 7) is 5.22. The van der Waals surface area contributed by atoms with Crippen LogP contribution in [0.3, 0.4) is 0 Å². The number of benzene rings is 1. The molecule has 0 radical (unpaired) electrons. The van der Waals surface area contributed by atoms with Crippen molar-refractivity contribution in [2.75, 3.05) is 18.5 Å². The molecule has 2 aromatic rings. The zero-order valence-corrected chi connectivity index (χ0v) is 20.0. The van der Waals surface area contributed by atoms with Gasteiger partial charge in [0, 0.05) is 9.90 Å². The van der Waals surface area contributed by atoms with Gasteiger partial charge >= 0.3 is 5.97 Å². The third-order valence-electron chi connectivity index (χ3n) is 4.97. The molecule has 3 rings (SSSR count). The maximum Gasteiger partial charge on any atom is 0.341 e. The molecule has 1 aliphatic rings. The fraction of sp³-hybridized carbons (Fsp3) is 0.429. The average molecular weight is 491 g/mol. The van der Waals surface area contributed by atoms with Gasteiger partial charge in [0.2, 0.25) is 0 Å². The first-order valence-corrected chi connectivity index (χ1v) is 11.6. The van der Waals surface area contributed by atoms with Crippen LogP contribution in [0.5, 0.6) is 5.75 Å². The smallest absolute Gasteiger partial charge is 0.341 e. The zero-order valence-electron chi connectivity index (χ0n) is 16.9. The lowest BCUT2D eigenvalue weighted by atomic mass is 9.95. The van der Waals surface area contributed by atoms with Crippen LogP contribution < -0.4 is 10.1 Å². The molecule has 5 nitrogen and oxygen atoms in total. The van der Waals surface area contributed by atoms with Gasteiger partial charge in [-0.1, -0.05) is 34.8 Å². The molecule has 0 bridgehead atoms. The normalized spacial score (nSPS) is 13.0. The minimum Gasteiger partial charge on any atom is -0.481 e. The molecule has 0 spiro atoms. The van der Waals surface area contributed by atoms with Gasteiger partial charge in [-0.25, -0.2) is 4.79 Å². The number of nitrogens with one attached hydrogen (secondary N) is 1. The first kappa shape index (κ1) is 23.2. The third-order valence-corrected chi connectivity index (χ3v) is 7.65. The Balaban J connectivity index is 1.79. The first-order chi connectivity index (χ1) is 14.3. The van der Waals surface area contributed by atoms with Crippen LogP contribution in [0.2, 0.25) is 15.1 Å². The lowest BCUT2D eigenvalue weighted by Gasteiger charge is -2.15. The minimum absolute atomic E-state index is 0.212. The number of carbonyl (C=O) groups is 2. The Labute approximate surface area is 194 Å². The second-order valence-corrected chi connectivity index (χ2v) is 9.23. The first-order valence-electron chi connectivity index (χ1n) is 9.64. The van der Waals surface area contributed by atoms with Crippen molar-refractivity contribution in [2.45, 2.75) is 46.5 Å². The van der Waals surface area contributed by atoms with Crippen molar-refractivity contribution in [3.8, 4) is 5.75 Å². The van der Waals surface area contributed by atoms with E-state index in [0.717, 1.165) is 36.1 Å². The maximum absolute atomic E-state index is 12.6. The molecule has 1 aliphatic carbocycles. The van der Waals surface area contributed by atoms with E-state index >= 15 is 0 Å². The van der Waals surface area contributed by atoms with Gasteiger partial charge < -0.3 is 14.8 Å². The summed E-state index contributed by atoms with van der Waals surface area (Å²) in [5, 5.41) is 4.29. The highest BCUT2D eigenvalue weighted by Crippen LogP contribution is 2.43. The molecule has 1 N–H and O–H groups in total. The number of anilines is 1. The largest absolute Gasteiger partial charge is 0.481 e. The fourth-order valence-electron chi connectivity index (χ4n) is 3.41. The number of hydrogen-bond acceptors (Lipinski definition) is 5. The number of rotatable bonds is 6. The predicted molar refractivity (Wildman–Crippen MR) is 122 cm³/mol. The second-order valence-electron chi connectivity index (χ2n) is 6.99. The number of fused-ring (bicyclic) bond motifs is 1. The Morgan fingerprint density at radius 2 is 1.67 bits per heavy atom. The second kappa shape index (κ2) is 9.77. The Bertz CT molecular complexity index is 974. The van der Waals surface area contributed by atoms with E-state index in [-0.39, 0.29) is 29.0 Å². The minimum atomic E-state index is -0.420. The standard InChI is InChI=1S/C21H22Cl3NO4S/c1-4-28-21(27)15-12-7-5-6-8-13(12)30-20(15)25-14(26)9-29-19-17(23)10(2)16(22)11(3)18(19)24/h4-9H2,1-3H3,(H,25,26). The summed E-state index contributed by atoms with van der Waals surface area (Å²) in [6, 6.07) is 0. The summed E-state index contributed by atoms with van der Waals surface area (Å²) in [5.41, 5.74) is 2.70. The van der Waals surface area contributed by atoms with E-state index in [1.165, 1.54) is 11.3 Å². The lowest BCUT2D eigenvalue weighted by molar-refractivity contribution is -0.118. The highest BCUT2D eigenvalue weighted by atomic mass is 35.5. The Kier molecular flexibility index (Phi) is 7.56. The summed E-state index contributed by atoms with van der Waals surface area (Å²) in [4.78, 5) is 26.2. The van der Waals surface area contributed by atoms with Gasteiger partial charge in [0.15, 0.2) is 12.4 Å². The molecular weight excluding hydrogens is 469 g/mol. The summed E-state index contributed by atoms with van der Waals surface area (Å²) in [5.74, 6) is -0.622. The van der Waals surface area contributed by atoms with Crippen molar-refractivity contribution in [1.29, 1.82) is 0 Å². The predicted octanol–water partition coefficient (Wildman–Crippen LogP) is 6.40. The van der Waals surface area contributed by atoms with Gasteiger partial charge in [-0.3, -0.25) is 4.79 Å². The average Bonchev–Trinajstić information content (AvgIpc) is 3.08. The molecule has 0 unspecified atom stereocenters. The van der Waals surface area contributed by atoms with Crippen molar-refractivity contribution in [1.82, 2.24) is 0 Å². The zero-order chi connectivity index (χ0) is 22.0. The van der Waals surface area contributed by atoms with E-state index in [0.29, 0.717) is 26.7 Å². The van der Waals surface area contributed by atoms with Crippen LogP contribution in [0.4, 0.5) is 5.00 Å². The number of halogens is 3. The molecule has 0 fully saturated rings. The fourth-order valence-corrected chi connectivity index (χ4v) is 5.53. The molecule has 30 heavy (non-hydrogen) atoms. The molecule has 0 saturated carbocycles. The number of ether oxygens (including phenoxy) is 2. The van der Waals surface area contributed by atoms with Crippen LogP contribution >= 0.6 is 46.1 Å². The van der Waals surface area contributed by atoms with E-state index in [1.54, 1.807) is 20.8 Å². The molecule has 0 saturated heterocycles. The topological polar surface area (TPSA) is 64.6 Å². The highest BCUT2D eigenvalue weighted by molar-refractivity contribution is 7.17. The number of thiophene rings is 1. The van der Waals surface area contributed by atoms with Crippen molar-refractivity contribution >= 4 is 63.0 Å². The van der Waals surface area contributed by atoms with Gasteiger partial charge in [0.1, 0.15) is 5.00 Å². The van der Waals surface area contributed by atoms with Gasteiger partial charge in [-0.05, 0) is 63.1 Å². The van der Waals surface area contributed by atoms with E-state index < -0.39 is 11.9 Å². The molecular formula is C21H22Cl3NO4S. The van der Waals surface area contributed by atoms with Crippen LogP contribution in [-0.4, -0.2) is 25.1 Å². The number of aryl methyl sites for hydroxylation is 1. The van der Waals surface area contributed by atoms with Gasteiger partial charge in [-0.2, -0.15) is 0 Å². The maximum atomic E-state index is 12.6. The summed E-state index contributed by atoms with van der Waals surface area (Å²) in [7, 11) is 0. The molecule has 162 valence electrons. The highest BCUT2D eigenvalue weighted by Gasteiger charge is 2.27. The number of esters is 1. The molecule has 0 aliphatic heterocycles. The van der Waals surface area contributed by atoms with Crippen molar-refractivity contribution < 1.29 is 19.1 Å². The summed E-state index contributed by atoms with van der Waals surface area (Å²) in [6.07, 6.45) is 3.78. The number of amides is 1. The molecule has 1 heterocycles. The van der Waals surface area contributed by atoms with Crippen LogP contribution in [0.15, 0.2) is 0 Å². The number of hydrogen-bond donors (Lipinski definition) is 1. The molecule has 0 atom stereocenters. The summed E-state index contributed by atoms with van der Waals surface area (Å²) >= 11 is 20.2. The van der Waals surface area contributed by atoms with Gasteiger partial charge in [-0.15, -0.1) is 11.3 Å². The monoisotopic (exact) mass is 489 g/mol. The molecule has 1 amide bonds. The summed E-state index contributed by atoms with van der Waals surface area (Å²) < 4.78 is 10.8. The van der Waals surface area contributed by atoms with Gasteiger partial charge in [0.25, 0.3) is 5.91 Å². The van der Waals surface area contributed by atoms with E-state index in [9.17, 15) is 9.59 Å². The Hall–Kier alpha value is -1.47. The molecule has 1 aromatic carbocycles. The van der Waals surface area contributed by atoms with Gasteiger partial charge in [0.05, 0.1) is 22.2 Å². The quantitative estimate of drug-likeness (QED) is 0.476. The third kappa shape index (κ3) is 4.57. The van der Waals surface area contributed by atoms with Crippen LogP contribution in [0.25, 0.3) is 0 Å². The van der Waals surface area contributed by atoms with Crippen LogP contribution in [0.1, 0.15) is 51.7 Å². The molecule has 1 aromatic heterocycles. The lowest BCUT2D eigenvalue weighted by Crippen LogP contribution is -2.21. The van der Waals surface area contributed by atoms with E-state index in [4.69, 9.17) is 44.3 Å². The Morgan fingerprint density at radius 1 is 1.03 bits per heavy atom. The molecule has 9 heteroatoms. The van der Waals surface area contributed by atoms with Crippen molar-refractivity contribution in [2.24, 2.45) is 0 Å². The van der Waals surface area contributed by atoms with E-state index in [1.807, 2.05) is 0 Å².